The van der Waals surface area contributed by atoms with Crippen molar-refractivity contribution < 1.29 is 9.47 Å². The first kappa shape index (κ1) is 20.6. The van der Waals surface area contributed by atoms with Crippen LogP contribution in [-0.2, 0) is 18.1 Å². The lowest BCUT2D eigenvalue weighted by Crippen LogP contribution is -2.34. The summed E-state index contributed by atoms with van der Waals surface area (Å²) in [4.78, 5) is 27.4. The van der Waals surface area contributed by atoms with Gasteiger partial charge in [0.25, 0.3) is 5.56 Å². The summed E-state index contributed by atoms with van der Waals surface area (Å²) in [6.45, 7) is 8.02. The van der Waals surface area contributed by atoms with Crippen LogP contribution in [0.25, 0.3) is 0 Å². The van der Waals surface area contributed by atoms with Crippen LogP contribution in [0, 0.1) is 13.8 Å². The minimum absolute atomic E-state index is 0.0373. The fourth-order valence-corrected chi connectivity index (χ4v) is 3.24. The zero-order valence-corrected chi connectivity index (χ0v) is 17.2. The summed E-state index contributed by atoms with van der Waals surface area (Å²) < 4.78 is 13.2. The Labute approximate surface area is 169 Å². The van der Waals surface area contributed by atoms with E-state index < -0.39 is 11.2 Å². The monoisotopic (exact) mass is 394 g/mol. The lowest BCUT2D eigenvalue weighted by molar-refractivity contribution is 0.0560. The second-order valence-electron chi connectivity index (χ2n) is 7.45. The molecule has 3 aromatic rings. The van der Waals surface area contributed by atoms with Crippen LogP contribution in [0.15, 0.2) is 58.1 Å². The van der Waals surface area contributed by atoms with Gasteiger partial charge in [-0.15, -0.1) is 0 Å². The van der Waals surface area contributed by atoms with E-state index in [0.29, 0.717) is 17.9 Å². The fourth-order valence-electron chi connectivity index (χ4n) is 3.24. The lowest BCUT2D eigenvalue weighted by atomic mass is 10.1. The van der Waals surface area contributed by atoms with E-state index in [1.165, 1.54) is 4.57 Å². The third kappa shape index (κ3) is 5.03. The molecule has 0 bridgehead atoms. The summed E-state index contributed by atoms with van der Waals surface area (Å²) in [5.74, 6) is 0.652. The van der Waals surface area contributed by atoms with Crippen molar-refractivity contribution in [2.75, 3.05) is 0 Å². The van der Waals surface area contributed by atoms with Gasteiger partial charge in [0.05, 0.1) is 12.2 Å². The largest absolute Gasteiger partial charge is 0.440 e. The van der Waals surface area contributed by atoms with Crippen LogP contribution in [0.2, 0.25) is 0 Å². The number of hydrogen-bond donors (Lipinski definition) is 1. The molecule has 3 rings (SSSR count). The van der Waals surface area contributed by atoms with Crippen molar-refractivity contribution in [1.82, 2.24) is 9.55 Å². The molecule has 29 heavy (non-hydrogen) atoms. The maximum absolute atomic E-state index is 12.5. The Balaban J connectivity index is 1.98. The summed E-state index contributed by atoms with van der Waals surface area (Å²) in [5.41, 5.74) is 2.46. The molecule has 1 N–H and O–H groups in total. The van der Waals surface area contributed by atoms with Crippen molar-refractivity contribution in [1.29, 1.82) is 0 Å². The maximum Gasteiger partial charge on any atom is 0.333 e. The van der Waals surface area contributed by atoms with Gasteiger partial charge in [0.1, 0.15) is 12.5 Å². The van der Waals surface area contributed by atoms with E-state index in [1.807, 2.05) is 76.2 Å². The van der Waals surface area contributed by atoms with E-state index in [-0.39, 0.29) is 18.5 Å². The van der Waals surface area contributed by atoms with Crippen LogP contribution >= 0.6 is 0 Å². The van der Waals surface area contributed by atoms with Gasteiger partial charge in [-0.25, -0.2) is 9.36 Å². The van der Waals surface area contributed by atoms with E-state index in [1.54, 1.807) is 0 Å². The van der Waals surface area contributed by atoms with Crippen molar-refractivity contribution in [3.8, 4) is 11.6 Å². The van der Waals surface area contributed by atoms with Gasteiger partial charge in [0, 0.05) is 0 Å². The normalized spacial score (nSPS) is 11.1. The summed E-state index contributed by atoms with van der Waals surface area (Å²) in [6.07, 6.45) is 0. The average Bonchev–Trinajstić information content (AvgIpc) is 2.63. The molecule has 1 aromatic heterocycles. The molecule has 0 aliphatic rings. The smallest absolute Gasteiger partial charge is 0.333 e. The van der Waals surface area contributed by atoms with Crippen LogP contribution in [0.4, 0.5) is 0 Å². The molecule has 6 nitrogen and oxygen atoms in total. The third-order valence-corrected chi connectivity index (χ3v) is 4.50. The first-order valence-corrected chi connectivity index (χ1v) is 9.60. The highest BCUT2D eigenvalue weighted by atomic mass is 16.5. The number of aryl methyl sites for hydroxylation is 2. The van der Waals surface area contributed by atoms with Crippen LogP contribution < -0.4 is 16.0 Å². The molecule has 0 saturated carbocycles. The summed E-state index contributed by atoms with van der Waals surface area (Å²) in [6, 6.07) is 15.5. The molecule has 1 heterocycles. The van der Waals surface area contributed by atoms with E-state index >= 15 is 0 Å². The van der Waals surface area contributed by atoms with Gasteiger partial charge in [0.15, 0.2) is 0 Å². The van der Waals surface area contributed by atoms with E-state index in [9.17, 15) is 9.59 Å². The molecule has 0 spiro atoms. The number of nitrogens with one attached hydrogen (secondary N) is 1. The third-order valence-electron chi connectivity index (χ3n) is 4.50. The highest BCUT2D eigenvalue weighted by molar-refractivity contribution is 5.38. The standard InChI is InChI=1S/C23H26N2O4/c1-15(2)20-21(26)24-23(27)25(14-28-13-18-8-6-5-7-9-18)22(20)29-19-11-16(3)10-17(4)12-19/h5-12,15H,13-14H2,1-4H3,(H,24,26,27). The van der Waals surface area contributed by atoms with Crippen molar-refractivity contribution in [2.45, 2.75) is 47.0 Å². The molecule has 0 atom stereocenters. The highest BCUT2D eigenvalue weighted by Gasteiger charge is 2.20. The predicted molar refractivity (Wildman–Crippen MR) is 113 cm³/mol. The number of aromatic nitrogens is 2. The molecule has 0 fully saturated rings. The SMILES string of the molecule is Cc1cc(C)cc(Oc2c(C(C)C)c(=O)[nH]c(=O)n2COCc2ccccc2)c1. The quantitative estimate of drug-likeness (QED) is 0.650. The Kier molecular flexibility index (Phi) is 6.34. The Morgan fingerprint density at radius 1 is 1.00 bits per heavy atom. The predicted octanol–water partition coefficient (Wildman–Crippen LogP) is 4.24. The molecular weight excluding hydrogens is 368 g/mol. The molecule has 0 amide bonds. The van der Waals surface area contributed by atoms with Crippen LogP contribution in [-0.4, -0.2) is 9.55 Å². The minimum atomic E-state index is -0.563. The first-order valence-electron chi connectivity index (χ1n) is 9.60. The molecule has 0 radical (unpaired) electrons. The zero-order chi connectivity index (χ0) is 21.0. The summed E-state index contributed by atoms with van der Waals surface area (Å²) >= 11 is 0. The Morgan fingerprint density at radius 3 is 2.28 bits per heavy atom. The van der Waals surface area contributed by atoms with E-state index in [2.05, 4.69) is 4.98 Å². The number of aromatic amines is 1. The minimum Gasteiger partial charge on any atom is -0.440 e. The Morgan fingerprint density at radius 2 is 1.66 bits per heavy atom. The molecule has 152 valence electrons. The maximum atomic E-state index is 12.5. The fraction of sp³-hybridized carbons (Fsp3) is 0.304. The van der Waals surface area contributed by atoms with Crippen molar-refractivity contribution >= 4 is 0 Å². The molecular formula is C23H26N2O4. The lowest BCUT2D eigenvalue weighted by Gasteiger charge is -2.18. The van der Waals surface area contributed by atoms with Crippen molar-refractivity contribution in [3.05, 3.63) is 91.6 Å². The van der Waals surface area contributed by atoms with Gasteiger partial charge >= 0.3 is 5.69 Å². The number of nitrogens with zero attached hydrogens (tertiary/aromatic N) is 1. The van der Waals surface area contributed by atoms with Gasteiger partial charge in [-0.05, 0) is 48.6 Å². The van der Waals surface area contributed by atoms with Crippen molar-refractivity contribution in [2.24, 2.45) is 0 Å². The zero-order valence-electron chi connectivity index (χ0n) is 17.2. The number of benzene rings is 2. The van der Waals surface area contributed by atoms with Crippen LogP contribution in [0.5, 0.6) is 11.6 Å². The van der Waals surface area contributed by atoms with Crippen LogP contribution in [0.3, 0.4) is 0 Å². The Bertz CT molecular complexity index is 1080. The summed E-state index contributed by atoms with van der Waals surface area (Å²) in [5, 5.41) is 0. The van der Waals surface area contributed by atoms with Gasteiger partial charge in [-0.3, -0.25) is 9.78 Å². The summed E-state index contributed by atoms with van der Waals surface area (Å²) in [7, 11) is 0. The number of H-pyrrole nitrogens is 1. The molecule has 0 unspecified atom stereocenters. The Hall–Kier alpha value is -3.12. The number of ether oxygens (including phenoxy) is 2. The highest BCUT2D eigenvalue weighted by Crippen LogP contribution is 2.28. The first-order chi connectivity index (χ1) is 13.8. The number of rotatable bonds is 7. The van der Waals surface area contributed by atoms with Crippen molar-refractivity contribution in [3.63, 3.8) is 0 Å². The topological polar surface area (TPSA) is 73.3 Å². The number of hydrogen-bond acceptors (Lipinski definition) is 4. The molecule has 0 saturated heterocycles. The van der Waals surface area contributed by atoms with Gasteiger partial charge in [-0.1, -0.05) is 50.2 Å². The molecule has 6 heteroatoms. The van der Waals surface area contributed by atoms with Crippen LogP contribution in [0.1, 0.15) is 42.0 Å². The second kappa shape index (κ2) is 8.92. The van der Waals surface area contributed by atoms with Gasteiger partial charge < -0.3 is 9.47 Å². The molecule has 2 aromatic carbocycles. The average molecular weight is 394 g/mol. The second-order valence-corrected chi connectivity index (χ2v) is 7.45. The van der Waals surface area contributed by atoms with Gasteiger partial charge in [-0.2, -0.15) is 0 Å². The molecule has 0 aliphatic heterocycles. The van der Waals surface area contributed by atoms with E-state index in [0.717, 1.165) is 16.7 Å². The molecule has 0 aliphatic carbocycles. The van der Waals surface area contributed by atoms with Gasteiger partial charge in [0.2, 0.25) is 5.88 Å². The van der Waals surface area contributed by atoms with E-state index in [4.69, 9.17) is 9.47 Å².